The first-order valence-corrected chi connectivity index (χ1v) is 22.1. The van der Waals surface area contributed by atoms with Crippen molar-refractivity contribution in [3.05, 3.63) is 230 Å². The Bertz CT molecular complexity index is 3440. The molecule has 4 heterocycles. The Kier molecular flexibility index (Phi) is 11.0. The van der Waals surface area contributed by atoms with Gasteiger partial charge in [0.2, 0.25) is 0 Å². The molecule has 0 spiro atoms. The number of hydrogen-bond donors (Lipinski definition) is 0. The summed E-state index contributed by atoms with van der Waals surface area (Å²) in [6, 6.07) is 71.9. The number of pyridine rings is 2. The fourth-order valence-corrected chi connectivity index (χ4v) is 8.23. The Morgan fingerprint density at radius 1 is 0.239 bits per heavy atom. The van der Waals surface area contributed by atoms with Gasteiger partial charge >= 0.3 is 0 Å². The molecule has 8 heteroatoms. The fourth-order valence-electron chi connectivity index (χ4n) is 8.23. The highest BCUT2D eigenvalue weighted by molar-refractivity contribution is 5.93. The Balaban J connectivity index is 1.03. The van der Waals surface area contributed by atoms with E-state index in [1.54, 1.807) is 12.4 Å². The van der Waals surface area contributed by atoms with Gasteiger partial charge in [0.05, 0.1) is 5.69 Å². The van der Waals surface area contributed by atoms with Gasteiger partial charge in [-0.2, -0.15) is 0 Å². The summed E-state index contributed by atoms with van der Waals surface area (Å²) in [6.45, 7) is 2.02. The van der Waals surface area contributed by atoms with Gasteiger partial charge in [0.25, 0.3) is 0 Å². The summed E-state index contributed by atoms with van der Waals surface area (Å²) in [5.74, 6) is 3.57. The molecule has 0 atom stereocenters. The van der Waals surface area contributed by atoms with Gasteiger partial charge in [-0.25, -0.2) is 29.9 Å². The summed E-state index contributed by atoms with van der Waals surface area (Å²) in [6.07, 6.45) is 3.61. The van der Waals surface area contributed by atoms with Gasteiger partial charge in [-0.05, 0) is 70.6 Å². The Morgan fingerprint density at radius 2 is 0.642 bits per heavy atom. The number of aromatic nitrogens is 8. The van der Waals surface area contributed by atoms with Crippen LogP contribution >= 0.6 is 0 Å². The molecule has 11 rings (SSSR count). The van der Waals surface area contributed by atoms with Crippen molar-refractivity contribution in [1.82, 2.24) is 39.9 Å². The highest BCUT2D eigenvalue weighted by Gasteiger charge is 2.20. The van der Waals surface area contributed by atoms with Crippen LogP contribution in [0.2, 0.25) is 0 Å². The summed E-state index contributed by atoms with van der Waals surface area (Å²) in [5.41, 5.74) is 14.4. The molecule has 0 saturated heterocycles. The van der Waals surface area contributed by atoms with Gasteiger partial charge in [0.15, 0.2) is 34.9 Å². The van der Waals surface area contributed by atoms with Crippen LogP contribution in [-0.2, 0) is 0 Å². The van der Waals surface area contributed by atoms with Crippen molar-refractivity contribution in [3.63, 3.8) is 0 Å². The molecule has 0 aliphatic heterocycles. The molecule has 0 aliphatic carbocycles. The average Bonchev–Trinajstić information content (AvgIpc) is 3.41. The summed E-state index contributed by atoms with van der Waals surface area (Å²) < 4.78 is 0. The van der Waals surface area contributed by atoms with Gasteiger partial charge in [-0.3, -0.25) is 9.97 Å². The zero-order valence-corrected chi connectivity index (χ0v) is 36.4. The molecule has 0 saturated carbocycles. The molecule has 0 aliphatic rings. The minimum Gasteiger partial charge on any atom is -0.265 e. The van der Waals surface area contributed by atoms with E-state index in [1.165, 1.54) is 0 Å². The first-order chi connectivity index (χ1) is 33.1. The van der Waals surface area contributed by atoms with Crippen LogP contribution in [0.1, 0.15) is 5.69 Å². The zero-order chi connectivity index (χ0) is 44.9. The summed E-state index contributed by atoms with van der Waals surface area (Å²) in [4.78, 5) is 39.4. The molecule has 0 unspecified atom stereocenters. The van der Waals surface area contributed by atoms with E-state index in [-0.39, 0.29) is 0 Å². The van der Waals surface area contributed by atoms with Crippen LogP contribution < -0.4 is 0 Å². The van der Waals surface area contributed by atoms with Crippen LogP contribution in [0, 0.1) is 6.92 Å². The van der Waals surface area contributed by atoms with Crippen LogP contribution in [-0.4, -0.2) is 39.9 Å². The summed E-state index contributed by atoms with van der Waals surface area (Å²) >= 11 is 0. The maximum atomic E-state index is 5.15. The van der Waals surface area contributed by atoms with E-state index >= 15 is 0 Å². The van der Waals surface area contributed by atoms with Gasteiger partial charge in [-0.1, -0.05) is 182 Å². The second-order valence-electron chi connectivity index (χ2n) is 16.1. The van der Waals surface area contributed by atoms with Crippen molar-refractivity contribution >= 4 is 0 Å². The van der Waals surface area contributed by atoms with E-state index in [2.05, 4.69) is 96.0 Å². The van der Waals surface area contributed by atoms with E-state index in [1.807, 2.05) is 128 Å². The molecule has 7 aromatic carbocycles. The maximum absolute atomic E-state index is 5.15. The first kappa shape index (κ1) is 40.6. The second kappa shape index (κ2) is 18.2. The molecular formula is C59H40N8. The number of benzene rings is 7. The minimum absolute atomic E-state index is 0.579. The van der Waals surface area contributed by atoms with Crippen molar-refractivity contribution in [2.45, 2.75) is 6.92 Å². The lowest BCUT2D eigenvalue weighted by atomic mass is 9.89. The second-order valence-corrected chi connectivity index (χ2v) is 16.1. The number of aryl methyl sites for hydroxylation is 1. The molecule has 0 amide bonds. The largest absolute Gasteiger partial charge is 0.265 e. The van der Waals surface area contributed by atoms with Crippen LogP contribution in [0.15, 0.2) is 225 Å². The van der Waals surface area contributed by atoms with E-state index < -0.39 is 0 Å². The molecule has 316 valence electrons. The average molecular weight is 861 g/mol. The molecule has 0 fully saturated rings. The van der Waals surface area contributed by atoms with E-state index in [0.29, 0.717) is 34.9 Å². The van der Waals surface area contributed by atoms with Crippen molar-refractivity contribution in [3.8, 4) is 113 Å². The van der Waals surface area contributed by atoms with Crippen LogP contribution in [0.4, 0.5) is 0 Å². The van der Waals surface area contributed by atoms with Gasteiger partial charge in [-0.15, -0.1) is 0 Å². The maximum Gasteiger partial charge on any atom is 0.164 e. The molecule has 4 aromatic heterocycles. The molecule has 0 radical (unpaired) electrons. The number of rotatable bonds is 10. The Morgan fingerprint density at radius 3 is 1.15 bits per heavy atom. The molecule has 0 N–H and O–H groups in total. The third kappa shape index (κ3) is 8.62. The topological polar surface area (TPSA) is 103 Å². The van der Waals surface area contributed by atoms with Gasteiger partial charge in [0, 0.05) is 57.0 Å². The fraction of sp³-hybridized carbons (Fsp3) is 0.0169. The van der Waals surface area contributed by atoms with Crippen molar-refractivity contribution in [1.29, 1.82) is 0 Å². The quantitative estimate of drug-likeness (QED) is 0.134. The standard InChI is InChI=1S/C59H40N8/c1-39-14-13-23-53(61-39)48-32-33-49(52(38-48)50-21-11-12-22-51(50)59-66-55(44-17-7-3-8-18-44)64-56(67-59)45-19-9-4-10-20-45)42-26-30-47(31-27-42)58-63-54(43-15-5-2-6-16-43)62-57(65-58)46-28-24-40(25-29-46)41-34-36-60-37-35-41/h2-38H,1H3. The molecule has 8 nitrogen and oxygen atoms in total. The van der Waals surface area contributed by atoms with Crippen molar-refractivity contribution in [2.75, 3.05) is 0 Å². The summed E-state index contributed by atoms with van der Waals surface area (Å²) in [7, 11) is 0. The highest BCUT2D eigenvalue weighted by atomic mass is 15.0. The van der Waals surface area contributed by atoms with Crippen molar-refractivity contribution < 1.29 is 0 Å². The third-order valence-electron chi connectivity index (χ3n) is 11.6. The van der Waals surface area contributed by atoms with Crippen LogP contribution in [0.5, 0.6) is 0 Å². The SMILES string of the molecule is Cc1cccc(-c2ccc(-c3ccc(-c4nc(-c5ccccc5)nc(-c5ccc(-c6ccncc6)cc5)n4)cc3)c(-c3ccccc3-c3nc(-c4ccccc4)nc(-c4ccccc4)n3)c2)n1. The molecular weight excluding hydrogens is 821 g/mol. The molecule has 0 bridgehead atoms. The van der Waals surface area contributed by atoms with Gasteiger partial charge in [0.1, 0.15) is 0 Å². The monoisotopic (exact) mass is 860 g/mol. The lowest BCUT2D eigenvalue weighted by Gasteiger charge is -2.17. The minimum atomic E-state index is 0.579. The molecule has 11 aromatic rings. The number of nitrogens with zero attached hydrogens (tertiary/aromatic N) is 8. The first-order valence-electron chi connectivity index (χ1n) is 22.1. The predicted octanol–water partition coefficient (Wildman–Crippen LogP) is 13.8. The highest BCUT2D eigenvalue weighted by Crippen LogP contribution is 2.41. The Labute approximate surface area is 388 Å². The normalized spacial score (nSPS) is 11.1. The van der Waals surface area contributed by atoms with Crippen molar-refractivity contribution in [2.24, 2.45) is 0 Å². The van der Waals surface area contributed by atoms with Crippen LogP contribution in [0.3, 0.4) is 0 Å². The summed E-state index contributed by atoms with van der Waals surface area (Å²) in [5, 5.41) is 0. The third-order valence-corrected chi connectivity index (χ3v) is 11.6. The molecule has 67 heavy (non-hydrogen) atoms. The number of hydrogen-bond acceptors (Lipinski definition) is 8. The lowest BCUT2D eigenvalue weighted by Crippen LogP contribution is -2.01. The predicted molar refractivity (Wildman–Crippen MR) is 268 cm³/mol. The lowest BCUT2D eigenvalue weighted by molar-refractivity contribution is 1.07. The Hall–Kier alpha value is -9.14. The van der Waals surface area contributed by atoms with Gasteiger partial charge < -0.3 is 0 Å². The smallest absolute Gasteiger partial charge is 0.164 e. The van der Waals surface area contributed by atoms with E-state index in [4.69, 9.17) is 34.9 Å². The van der Waals surface area contributed by atoms with E-state index in [9.17, 15) is 0 Å². The van der Waals surface area contributed by atoms with E-state index in [0.717, 1.165) is 83.7 Å². The van der Waals surface area contributed by atoms with Crippen LogP contribution in [0.25, 0.3) is 113 Å². The zero-order valence-electron chi connectivity index (χ0n) is 36.4.